The number of ether oxygens (including phenoxy) is 2. The predicted octanol–water partition coefficient (Wildman–Crippen LogP) is 4.28. The lowest BCUT2D eigenvalue weighted by molar-refractivity contribution is -0.143. The van der Waals surface area contributed by atoms with Gasteiger partial charge in [0, 0.05) is 12.2 Å². The Morgan fingerprint density at radius 3 is 2.27 bits per heavy atom. The molecule has 0 saturated heterocycles. The van der Waals surface area contributed by atoms with Crippen molar-refractivity contribution >= 4 is 58.6 Å². The van der Waals surface area contributed by atoms with Crippen LogP contribution in [-0.4, -0.2) is 55.3 Å². The number of rotatable bonds is 13. The van der Waals surface area contributed by atoms with Crippen LogP contribution < -0.4 is 27.0 Å². The molecule has 0 bridgehead atoms. The molecule has 0 fully saturated rings. The van der Waals surface area contributed by atoms with Crippen LogP contribution in [0.1, 0.15) is 39.2 Å². The summed E-state index contributed by atoms with van der Waals surface area (Å²) in [5, 5.41) is 11.6. The standard InChI is InChI=1S/C27H35Cl2N5O6/c1-27(2,3)40-26(38)34-21(12-7-13-32-25(30)37)24(36)31-14-15-39-22(35)16-17-8-4-5-11-20(17)33-23-18(28)9-6-10-19(23)29/h4-6,8-11,21,33H,7,12-16H2,1-3H3,(H,31,36)(H,34,38)(H3,30,32,37)/t21-/m0/s1. The number of halogens is 2. The van der Waals surface area contributed by atoms with Gasteiger partial charge in [0.1, 0.15) is 18.2 Å². The molecule has 11 nitrogen and oxygen atoms in total. The maximum Gasteiger partial charge on any atom is 0.408 e. The SMILES string of the molecule is CC(C)(C)OC(=O)N[C@@H](CCCNC(N)=O)C(=O)NCCOC(=O)Cc1ccccc1Nc1c(Cl)cccc1Cl. The van der Waals surface area contributed by atoms with E-state index in [2.05, 4.69) is 21.3 Å². The molecule has 0 aromatic heterocycles. The van der Waals surface area contributed by atoms with Crippen molar-refractivity contribution in [1.82, 2.24) is 16.0 Å². The minimum Gasteiger partial charge on any atom is -0.464 e. The van der Waals surface area contributed by atoms with Crippen molar-refractivity contribution < 1.29 is 28.7 Å². The summed E-state index contributed by atoms with van der Waals surface area (Å²) in [5.41, 5.74) is 6.14. The van der Waals surface area contributed by atoms with Crippen molar-refractivity contribution in [1.29, 1.82) is 0 Å². The van der Waals surface area contributed by atoms with Crippen LogP contribution in [0.25, 0.3) is 0 Å². The molecule has 0 radical (unpaired) electrons. The molecule has 0 aliphatic heterocycles. The fourth-order valence-corrected chi connectivity index (χ4v) is 3.95. The van der Waals surface area contributed by atoms with E-state index in [4.69, 9.17) is 38.4 Å². The van der Waals surface area contributed by atoms with Crippen molar-refractivity contribution in [2.75, 3.05) is 25.0 Å². The summed E-state index contributed by atoms with van der Waals surface area (Å²) >= 11 is 12.5. The molecule has 0 aliphatic rings. The molecule has 0 unspecified atom stereocenters. The third-order valence-electron chi connectivity index (χ3n) is 5.22. The summed E-state index contributed by atoms with van der Waals surface area (Å²) in [6.45, 7) is 5.27. The van der Waals surface area contributed by atoms with E-state index in [9.17, 15) is 19.2 Å². The number of anilines is 2. The largest absolute Gasteiger partial charge is 0.464 e. The first kappa shape index (κ1) is 32.5. The van der Waals surface area contributed by atoms with E-state index in [0.717, 1.165) is 0 Å². The topological polar surface area (TPSA) is 161 Å². The minimum atomic E-state index is -0.935. The highest BCUT2D eigenvalue weighted by Gasteiger charge is 2.24. The second kappa shape index (κ2) is 15.8. The zero-order chi connectivity index (χ0) is 29.7. The van der Waals surface area contributed by atoms with Gasteiger partial charge in [-0.05, 0) is 57.4 Å². The zero-order valence-corrected chi connectivity index (χ0v) is 24.2. The molecule has 6 N–H and O–H groups in total. The third-order valence-corrected chi connectivity index (χ3v) is 5.85. The minimum absolute atomic E-state index is 0.0196. The Balaban J connectivity index is 1.88. The lowest BCUT2D eigenvalue weighted by Crippen LogP contribution is -2.49. The number of esters is 1. The van der Waals surface area contributed by atoms with Gasteiger partial charge < -0.3 is 36.5 Å². The summed E-state index contributed by atoms with van der Waals surface area (Å²) in [6.07, 6.45) is -0.204. The molecule has 0 heterocycles. The van der Waals surface area contributed by atoms with Gasteiger partial charge in [-0.1, -0.05) is 47.5 Å². The lowest BCUT2D eigenvalue weighted by Gasteiger charge is -2.23. The smallest absolute Gasteiger partial charge is 0.408 e. The number of nitrogens with one attached hydrogen (secondary N) is 4. The molecule has 2 aromatic rings. The highest BCUT2D eigenvalue weighted by molar-refractivity contribution is 6.39. The Morgan fingerprint density at radius 2 is 1.62 bits per heavy atom. The number of amides is 4. The van der Waals surface area contributed by atoms with Crippen LogP contribution in [0.15, 0.2) is 42.5 Å². The molecule has 1 atom stereocenters. The van der Waals surface area contributed by atoms with Gasteiger partial charge in [-0.3, -0.25) is 9.59 Å². The van der Waals surface area contributed by atoms with Crippen LogP contribution in [0.5, 0.6) is 0 Å². The highest BCUT2D eigenvalue weighted by Crippen LogP contribution is 2.33. The second-order valence-electron chi connectivity index (χ2n) is 9.70. The van der Waals surface area contributed by atoms with E-state index >= 15 is 0 Å². The molecular formula is C27H35Cl2N5O6. The van der Waals surface area contributed by atoms with E-state index in [1.807, 2.05) is 6.07 Å². The second-order valence-corrected chi connectivity index (χ2v) is 10.5. The van der Waals surface area contributed by atoms with Gasteiger partial charge in [-0.25, -0.2) is 9.59 Å². The third kappa shape index (κ3) is 12.0. The van der Waals surface area contributed by atoms with Gasteiger partial charge >= 0.3 is 18.1 Å². The number of hydrogen-bond acceptors (Lipinski definition) is 7. The van der Waals surface area contributed by atoms with Gasteiger partial charge in [0.05, 0.1) is 28.7 Å². The Hall–Kier alpha value is -3.70. The first-order valence-electron chi connectivity index (χ1n) is 12.6. The van der Waals surface area contributed by atoms with Crippen molar-refractivity contribution in [3.05, 3.63) is 58.1 Å². The monoisotopic (exact) mass is 595 g/mol. The zero-order valence-electron chi connectivity index (χ0n) is 22.6. The van der Waals surface area contributed by atoms with Gasteiger partial charge in [0.2, 0.25) is 5.91 Å². The van der Waals surface area contributed by atoms with Crippen LogP contribution in [0, 0.1) is 0 Å². The lowest BCUT2D eigenvalue weighted by atomic mass is 10.1. The van der Waals surface area contributed by atoms with Crippen LogP contribution in [0.2, 0.25) is 10.0 Å². The van der Waals surface area contributed by atoms with E-state index in [1.165, 1.54) is 0 Å². The quantitative estimate of drug-likeness (QED) is 0.170. The van der Waals surface area contributed by atoms with E-state index in [1.54, 1.807) is 57.2 Å². The number of urea groups is 1. The van der Waals surface area contributed by atoms with Crippen molar-refractivity contribution in [2.45, 2.75) is 51.7 Å². The summed E-state index contributed by atoms with van der Waals surface area (Å²) in [5.74, 6) is -0.998. The molecule has 4 amide bonds. The van der Waals surface area contributed by atoms with Gasteiger partial charge in [-0.2, -0.15) is 0 Å². The first-order valence-corrected chi connectivity index (χ1v) is 13.4. The van der Waals surface area contributed by atoms with Crippen LogP contribution in [0.3, 0.4) is 0 Å². The van der Waals surface area contributed by atoms with Crippen LogP contribution in [0.4, 0.5) is 21.0 Å². The number of alkyl carbamates (subject to hydrolysis) is 1. The van der Waals surface area contributed by atoms with Crippen LogP contribution in [-0.2, 0) is 25.5 Å². The Morgan fingerprint density at radius 1 is 0.950 bits per heavy atom. The molecule has 218 valence electrons. The Kier molecular flexibility index (Phi) is 12.8. The highest BCUT2D eigenvalue weighted by atomic mass is 35.5. The molecule has 0 aliphatic carbocycles. The van der Waals surface area contributed by atoms with Crippen molar-refractivity contribution in [3.63, 3.8) is 0 Å². The van der Waals surface area contributed by atoms with E-state index in [0.29, 0.717) is 33.4 Å². The van der Waals surface area contributed by atoms with Gasteiger partial charge in [0.15, 0.2) is 0 Å². The van der Waals surface area contributed by atoms with E-state index < -0.39 is 35.6 Å². The average molecular weight is 597 g/mol. The van der Waals surface area contributed by atoms with Gasteiger partial charge in [0.25, 0.3) is 0 Å². The Labute approximate surface area is 243 Å². The molecule has 0 saturated carbocycles. The summed E-state index contributed by atoms with van der Waals surface area (Å²) in [4.78, 5) is 48.3. The maximum absolute atomic E-state index is 12.7. The van der Waals surface area contributed by atoms with E-state index in [-0.39, 0.29) is 32.5 Å². The molecule has 2 aromatic carbocycles. The van der Waals surface area contributed by atoms with Crippen molar-refractivity contribution in [2.24, 2.45) is 5.73 Å². The predicted molar refractivity (Wildman–Crippen MR) is 154 cm³/mol. The summed E-state index contributed by atoms with van der Waals surface area (Å²) in [7, 11) is 0. The Bertz CT molecular complexity index is 1170. The number of para-hydroxylation sites is 2. The molecule has 2 rings (SSSR count). The first-order chi connectivity index (χ1) is 18.9. The normalized spacial score (nSPS) is 11.6. The molecule has 13 heteroatoms. The number of benzene rings is 2. The fourth-order valence-electron chi connectivity index (χ4n) is 3.45. The molecular weight excluding hydrogens is 561 g/mol. The number of carbonyl (C=O) groups excluding carboxylic acids is 4. The number of hydrogen-bond donors (Lipinski definition) is 5. The summed E-state index contributed by atoms with van der Waals surface area (Å²) < 4.78 is 10.5. The van der Waals surface area contributed by atoms with Crippen molar-refractivity contribution in [3.8, 4) is 0 Å². The fraction of sp³-hybridized carbons (Fsp3) is 0.407. The molecule has 0 spiro atoms. The van der Waals surface area contributed by atoms with Gasteiger partial charge in [-0.15, -0.1) is 0 Å². The number of primary amides is 1. The van der Waals surface area contributed by atoms with Crippen LogP contribution >= 0.6 is 23.2 Å². The number of carbonyl (C=O) groups is 4. The maximum atomic E-state index is 12.7. The molecule has 40 heavy (non-hydrogen) atoms. The average Bonchev–Trinajstić information content (AvgIpc) is 2.85. The summed E-state index contributed by atoms with van der Waals surface area (Å²) in [6, 6.07) is 10.7. The number of nitrogens with two attached hydrogens (primary N) is 1.